The summed E-state index contributed by atoms with van der Waals surface area (Å²) in [6.45, 7) is 5.55. The largest absolute Gasteiger partial charge is 0.496 e. The van der Waals surface area contributed by atoms with Gasteiger partial charge in [0.15, 0.2) is 0 Å². The van der Waals surface area contributed by atoms with E-state index in [1.165, 1.54) is 17.5 Å². The van der Waals surface area contributed by atoms with Gasteiger partial charge in [0, 0.05) is 13.1 Å². The number of carboxylic acid groups (broad SMARTS) is 1. The standard InChI is InChI=1S/C15H21NO5S/c1-9-7-16(8-12(9)15(17)18)22(19,20)14-6-5-13(21-4)10(2)11(14)3/h5-6,9,12H,7-8H2,1-4H3,(H,17,18)/t9-,12-/m1/s1. The number of rotatable bonds is 4. The molecule has 2 rings (SSSR count). The number of hydrogen-bond donors (Lipinski definition) is 1. The van der Waals surface area contributed by atoms with E-state index in [1.54, 1.807) is 26.8 Å². The molecule has 1 saturated heterocycles. The lowest BCUT2D eigenvalue weighted by Gasteiger charge is -2.19. The highest BCUT2D eigenvalue weighted by Crippen LogP contribution is 2.32. The van der Waals surface area contributed by atoms with Crippen molar-refractivity contribution in [1.82, 2.24) is 4.31 Å². The maximum Gasteiger partial charge on any atom is 0.308 e. The third kappa shape index (κ3) is 2.70. The number of sulfonamides is 1. The smallest absolute Gasteiger partial charge is 0.308 e. The number of carboxylic acids is 1. The molecule has 1 N–H and O–H groups in total. The van der Waals surface area contributed by atoms with Crippen molar-refractivity contribution in [1.29, 1.82) is 0 Å². The van der Waals surface area contributed by atoms with E-state index in [2.05, 4.69) is 0 Å². The first kappa shape index (κ1) is 16.8. The Balaban J connectivity index is 2.40. The molecular weight excluding hydrogens is 306 g/mol. The Morgan fingerprint density at radius 3 is 2.41 bits per heavy atom. The van der Waals surface area contributed by atoms with Crippen molar-refractivity contribution in [2.45, 2.75) is 25.7 Å². The monoisotopic (exact) mass is 327 g/mol. The van der Waals surface area contributed by atoms with Gasteiger partial charge in [0.05, 0.1) is 17.9 Å². The minimum absolute atomic E-state index is 0.0172. The van der Waals surface area contributed by atoms with Crippen molar-refractivity contribution in [3.05, 3.63) is 23.3 Å². The molecule has 0 unspecified atom stereocenters. The van der Waals surface area contributed by atoms with E-state index < -0.39 is 21.9 Å². The van der Waals surface area contributed by atoms with Crippen LogP contribution in [0.2, 0.25) is 0 Å². The van der Waals surface area contributed by atoms with Gasteiger partial charge in [0.25, 0.3) is 0 Å². The Morgan fingerprint density at radius 2 is 1.91 bits per heavy atom. The van der Waals surface area contributed by atoms with Crippen molar-refractivity contribution in [2.75, 3.05) is 20.2 Å². The van der Waals surface area contributed by atoms with E-state index in [0.717, 1.165) is 5.56 Å². The molecule has 0 amide bonds. The SMILES string of the molecule is COc1ccc(S(=O)(=O)N2C[C@@H](C)[C@H](C(=O)O)C2)c(C)c1C. The highest BCUT2D eigenvalue weighted by molar-refractivity contribution is 7.89. The zero-order valence-corrected chi connectivity index (χ0v) is 14.0. The summed E-state index contributed by atoms with van der Waals surface area (Å²) >= 11 is 0. The van der Waals surface area contributed by atoms with Crippen LogP contribution in [0.1, 0.15) is 18.1 Å². The number of benzene rings is 1. The van der Waals surface area contributed by atoms with Crippen LogP contribution in [0.4, 0.5) is 0 Å². The topological polar surface area (TPSA) is 83.9 Å². The number of hydrogen-bond acceptors (Lipinski definition) is 4. The van der Waals surface area contributed by atoms with Crippen LogP contribution < -0.4 is 4.74 Å². The third-order valence-corrected chi connectivity index (χ3v) is 6.40. The lowest BCUT2D eigenvalue weighted by atomic mass is 9.99. The molecule has 1 aromatic carbocycles. The third-order valence-electron chi connectivity index (χ3n) is 4.42. The summed E-state index contributed by atoms with van der Waals surface area (Å²) < 4.78 is 32.1. The molecule has 0 spiro atoms. The van der Waals surface area contributed by atoms with Gasteiger partial charge >= 0.3 is 5.97 Å². The van der Waals surface area contributed by atoms with Crippen LogP contribution in [0.15, 0.2) is 17.0 Å². The fourth-order valence-electron chi connectivity index (χ4n) is 2.85. The van der Waals surface area contributed by atoms with Crippen LogP contribution in [0.25, 0.3) is 0 Å². The molecule has 1 aromatic rings. The van der Waals surface area contributed by atoms with Crippen molar-refractivity contribution in [3.63, 3.8) is 0 Å². The molecule has 0 radical (unpaired) electrons. The molecule has 2 atom stereocenters. The second kappa shape index (κ2) is 5.89. The maximum absolute atomic E-state index is 12.8. The van der Waals surface area contributed by atoms with Crippen molar-refractivity contribution < 1.29 is 23.1 Å². The number of ether oxygens (including phenoxy) is 1. The van der Waals surface area contributed by atoms with Gasteiger partial charge in [-0.3, -0.25) is 4.79 Å². The number of aliphatic carboxylic acids is 1. The molecule has 6 nitrogen and oxygen atoms in total. The van der Waals surface area contributed by atoms with Gasteiger partial charge in [-0.1, -0.05) is 6.92 Å². The highest BCUT2D eigenvalue weighted by atomic mass is 32.2. The van der Waals surface area contributed by atoms with Gasteiger partial charge in [0.2, 0.25) is 10.0 Å². The summed E-state index contributed by atoms with van der Waals surface area (Å²) in [6.07, 6.45) is 0. The van der Waals surface area contributed by atoms with Crippen molar-refractivity contribution >= 4 is 16.0 Å². The van der Waals surface area contributed by atoms with Gasteiger partial charge in [-0.2, -0.15) is 4.31 Å². The molecule has 0 bridgehead atoms. The summed E-state index contributed by atoms with van der Waals surface area (Å²) in [4.78, 5) is 11.4. The predicted molar refractivity (Wildman–Crippen MR) is 81.5 cm³/mol. The normalized spacial score (nSPS) is 22.7. The van der Waals surface area contributed by atoms with Crippen LogP contribution in [-0.2, 0) is 14.8 Å². The average Bonchev–Trinajstić information content (AvgIpc) is 2.84. The Kier molecular flexibility index (Phi) is 4.49. The quantitative estimate of drug-likeness (QED) is 0.909. The maximum atomic E-state index is 12.8. The Labute approximate surface area is 130 Å². The van der Waals surface area contributed by atoms with Crippen LogP contribution >= 0.6 is 0 Å². The molecule has 1 heterocycles. The molecule has 1 aliphatic heterocycles. The summed E-state index contributed by atoms with van der Waals surface area (Å²) in [7, 11) is -2.16. The number of nitrogens with zero attached hydrogens (tertiary/aromatic N) is 1. The zero-order valence-electron chi connectivity index (χ0n) is 13.2. The van der Waals surface area contributed by atoms with Gasteiger partial charge in [-0.25, -0.2) is 8.42 Å². The average molecular weight is 327 g/mol. The zero-order chi connectivity index (χ0) is 16.7. The Hall–Kier alpha value is -1.60. The summed E-state index contributed by atoms with van der Waals surface area (Å²) in [6, 6.07) is 3.15. The molecule has 1 aliphatic rings. The second-order valence-corrected chi connectivity index (χ2v) is 7.67. The van der Waals surface area contributed by atoms with Gasteiger partial charge in [-0.15, -0.1) is 0 Å². The van der Waals surface area contributed by atoms with E-state index >= 15 is 0 Å². The minimum Gasteiger partial charge on any atom is -0.496 e. The molecule has 0 aromatic heterocycles. The van der Waals surface area contributed by atoms with Crippen LogP contribution in [0.5, 0.6) is 5.75 Å². The van der Waals surface area contributed by atoms with E-state index in [0.29, 0.717) is 11.3 Å². The fourth-order valence-corrected chi connectivity index (χ4v) is 4.70. The van der Waals surface area contributed by atoms with Gasteiger partial charge in [-0.05, 0) is 43.0 Å². The molecule has 0 saturated carbocycles. The van der Waals surface area contributed by atoms with Crippen molar-refractivity contribution in [3.8, 4) is 5.75 Å². The molecule has 7 heteroatoms. The summed E-state index contributed by atoms with van der Waals surface area (Å²) in [5, 5.41) is 9.17. The molecule has 122 valence electrons. The first-order valence-electron chi connectivity index (χ1n) is 7.07. The predicted octanol–water partition coefficient (Wildman–Crippen LogP) is 1.65. The van der Waals surface area contributed by atoms with Crippen LogP contribution in [0, 0.1) is 25.7 Å². The first-order chi connectivity index (χ1) is 10.2. The Morgan fingerprint density at radius 1 is 1.27 bits per heavy atom. The van der Waals surface area contributed by atoms with E-state index in [9.17, 15) is 13.2 Å². The van der Waals surface area contributed by atoms with Crippen LogP contribution in [-0.4, -0.2) is 44.0 Å². The van der Waals surface area contributed by atoms with Crippen molar-refractivity contribution in [2.24, 2.45) is 11.8 Å². The van der Waals surface area contributed by atoms with Crippen LogP contribution in [0.3, 0.4) is 0 Å². The van der Waals surface area contributed by atoms with E-state index in [-0.39, 0.29) is 23.9 Å². The van der Waals surface area contributed by atoms with E-state index in [1.807, 2.05) is 0 Å². The van der Waals surface area contributed by atoms with E-state index in [4.69, 9.17) is 9.84 Å². The van der Waals surface area contributed by atoms with Gasteiger partial charge in [0.1, 0.15) is 5.75 Å². The number of carbonyl (C=O) groups is 1. The highest BCUT2D eigenvalue weighted by Gasteiger charge is 2.41. The molecule has 22 heavy (non-hydrogen) atoms. The lowest BCUT2D eigenvalue weighted by molar-refractivity contribution is -0.142. The molecular formula is C15H21NO5S. The molecule has 0 aliphatic carbocycles. The second-order valence-electron chi connectivity index (χ2n) is 5.76. The minimum atomic E-state index is -3.70. The molecule has 1 fully saturated rings. The lowest BCUT2D eigenvalue weighted by Crippen LogP contribution is -2.30. The summed E-state index contributed by atoms with van der Waals surface area (Å²) in [5.74, 6) is -1.18. The summed E-state index contributed by atoms with van der Waals surface area (Å²) in [5.41, 5.74) is 1.40. The fraction of sp³-hybridized carbons (Fsp3) is 0.533. The number of methoxy groups -OCH3 is 1. The van der Waals surface area contributed by atoms with Gasteiger partial charge < -0.3 is 9.84 Å². The first-order valence-corrected chi connectivity index (χ1v) is 8.51. The Bertz CT molecular complexity index is 698.